The van der Waals surface area contributed by atoms with Gasteiger partial charge in [-0.3, -0.25) is 4.99 Å². The van der Waals surface area contributed by atoms with Gasteiger partial charge >= 0.3 is 0 Å². The van der Waals surface area contributed by atoms with E-state index in [1.807, 2.05) is 36.4 Å². The van der Waals surface area contributed by atoms with Crippen molar-refractivity contribution in [3.05, 3.63) is 78.6 Å². The Morgan fingerprint density at radius 2 is 2.00 bits per heavy atom. The van der Waals surface area contributed by atoms with E-state index < -0.39 is 0 Å². The summed E-state index contributed by atoms with van der Waals surface area (Å²) in [6, 6.07) is 15.2. The van der Waals surface area contributed by atoms with Crippen molar-refractivity contribution in [2.75, 3.05) is 20.1 Å². The normalized spacial score (nSPS) is 15.3. The Morgan fingerprint density at radius 3 is 2.67 bits per heavy atom. The van der Waals surface area contributed by atoms with Gasteiger partial charge in [-0.1, -0.05) is 24.3 Å². The van der Waals surface area contributed by atoms with Gasteiger partial charge < -0.3 is 19.5 Å². The molecule has 0 unspecified atom stereocenters. The minimum Gasteiger partial charge on any atom is -0.490 e. The van der Waals surface area contributed by atoms with Crippen molar-refractivity contribution in [2.24, 2.45) is 4.99 Å². The smallest absolute Gasteiger partial charge is 0.193 e. The molecule has 1 aromatic heterocycles. The van der Waals surface area contributed by atoms with E-state index in [0.29, 0.717) is 12.2 Å². The van der Waals surface area contributed by atoms with Crippen LogP contribution in [0.4, 0.5) is 4.39 Å². The van der Waals surface area contributed by atoms with Gasteiger partial charge in [0.2, 0.25) is 0 Å². The van der Waals surface area contributed by atoms with Crippen LogP contribution >= 0.6 is 0 Å². The summed E-state index contributed by atoms with van der Waals surface area (Å²) in [4.78, 5) is 10.6. The third-order valence-corrected chi connectivity index (χ3v) is 5.24. The lowest BCUT2D eigenvalue weighted by Crippen LogP contribution is -2.47. The Labute approximate surface area is 176 Å². The van der Waals surface area contributed by atoms with Crippen molar-refractivity contribution in [3.63, 3.8) is 0 Å². The van der Waals surface area contributed by atoms with E-state index >= 15 is 0 Å². The van der Waals surface area contributed by atoms with Gasteiger partial charge in [-0.2, -0.15) is 0 Å². The van der Waals surface area contributed by atoms with Crippen LogP contribution in [0.25, 0.3) is 5.69 Å². The third kappa shape index (κ3) is 4.79. The fourth-order valence-electron chi connectivity index (χ4n) is 3.66. The number of nitrogens with one attached hydrogen (secondary N) is 1. The number of ether oxygens (including phenoxy) is 1. The number of hydrogen-bond donors (Lipinski definition) is 1. The van der Waals surface area contributed by atoms with Gasteiger partial charge in [-0.25, -0.2) is 9.37 Å². The minimum atomic E-state index is -0.277. The predicted molar refractivity (Wildman–Crippen MR) is 115 cm³/mol. The summed E-state index contributed by atoms with van der Waals surface area (Å²) in [6.07, 6.45) is 7.03. The molecule has 1 aliphatic heterocycles. The Kier molecular flexibility index (Phi) is 6.27. The summed E-state index contributed by atoms with van der Waals surface area (Å²) in [6.45, 7) is 2.24. The number of hydrogen-bond acceptors (Lipinski definition) is 3. The van der Waals surface area contributed by atoms with Gasteiger partial charge in [0.15, 0.2) is 5.96 Å². The van der Waals surface area contributed by atoms with Crippen LogP contribution in [0.3, 0.4) is 0 Å². The molecule has 0 radical (unpaired) electrons. The molecule has 1 saturated heterocycles. The fraction of sp³-hybridized carbons (Fsp3) is 0.304. The molecule has 1 aliphatic rings. The molecule has 3 aromatic rings. The first-order valence-electron chi connectivity index (χ1n) is 10.2. The fourth-order valence-corrected chi connectivity index (χ4v) is 3.66. The standard InChI is InChI=1S/C23H26FN5O/c1-25-23(28-12-9-20(10-13-28)30-19-5-3-2-4-6-19)27-16-18-7-8-22(21(24)15-18)29-14-11-26-17-29/h2-8,11,14-15,17,20H,9-10,12-13,16H2,1H3,(H,25,27). The summed E-state index contributed by atoms with van der Waals surface area (Å²) >= 11 is 0. The Morgan fingerprint density at radius 1 is 1.20 bits per heavy atom. The monoisotopic (exact) mass is 407 g/mol. The Hall–Kier alpha value is -3.35. The lowest BCUT2D eigenvalue weighted by molar-refractivity contribution is 0.129. The minimum absolute atomic E-state index is 0.214. The number of aliphatic imine (C=N–C) groups is 1. The molecule has 0 saturated carbocycles. The molecule has 156 valence electrons. The van der Waals surface area contributed by atoms with Gasteiger partial charge in [0.05, 0.1) is 12.0 Å². The first-order chi connectivity index (χ1) is 14.7. The van der Waals surface area contributed by atoms with Gasteiger partial charge in [-0.15, -0.1) is 0 Å². The first-order valence-corrected chi connectivity index (χ1v) is 10.2. The number of aromatic nitrogens is 2. The van der Waals surface area contributed by atoms with E-state index in [1.165, 1.54) is 0 Å². The molecular formula is C23H26FN5O. The number of piperidine rings is 1. The number of nitrogens with zero attached hydrogens (tertiary/aromatic N) is 4. The first kappa shape index (κ1) is 19.9. The average Bonchev–Trinajstić information content (AvgIpc) is 3.31. The second kappa shape index (κ2) is 9.43. The summed E-state index contributed by atoms with van der Waals surface area (Å²) in [5.41, 5.74) is 1.35. The molecule has 0 aliphatic carbocycles. The van der Waals surface area contributed by atoms with Crippen molar-refractivity contribution in [3.8, 4) is 11.4 Å². The van der Waals surface area contributed by atoms with E-state index in [9.17, 15) is 4.39 Å². The Bertz CT molecular complexity index is 967. The lowest BCUT2D eigenvalue weighted by Gasteiger charge is -2.34. The number of guanidine groups is 1. The number of imidazole rings is 1. The number of benzene rings is 2. The summed E-state index contributed by atoms with van der Waals surface area (Å²) < 4.78 is 22.2. The van der Waals surface area contributed by atoms with E-state index in [4.69, 9.17) is 4.74 Å². The molecule has 1 fully saturated rings. The molecule has 4 rings (SSSR count). The predicted octanol–water partition coefficient (Wildman–Crippen LogP) is 3.63. The van der Waals surface area contributed by atoms with Crippen LogP contribution < -0.4 is 10.1 Å². The molecule has 2 aromatic carbocycles. The molecule has 0 spiro atoms. The lowest BCUT2D eigenvalue weighted by atomic mass is 10.1. The Balaban J connectivity index is 1.30. The van der Waals surface area contributed by atoms with Gasteiger partial charge in [-0.05, 0) is 29.8 Å². The van der Waals surface area contributed by atoms with E-state index in [2.05, 4.69) is 20.2 Å². The highest BCUT2D eigenvalue weighted by Crippen LogP contribution is 2.19. The van der Waals surface area contributed by atoms with Crippen molar-refractivity contribution < 1.29 is 9.13 Å². The van der Waals surface area contributed by atoms with Crippen molar-refractivity contribution in [1.29, 1.82) is 0 Å². The van der Waals surface area contributed by atoms with Crippen LogP contribution in [-0.2, 0) is 6.54 Å². The zero-order chi connectivity index (χ0) is 20.8. The molecular weight excluding hydrogens is 381 g/mol. The van der Waals surface area contributed by atoms with Crippen LogP contribution in [0.5, 0.6) is 5.75 Å². The van der Waals surface area contributed by atoms with E-state index in [1.54, 1.807) is 42.5 Å². The molecule has 0 amide bonds. The zero-order valence-corrected chi connectivity index (χ0v) is 17.0. The van der Waals surface area contributed by atoms with E-state index in [0.717, 1.165) is 43.2 Å². The van der Waals surface area contributed by atoms with Crippen LogP contribution in [0.15, 0.2) is 72.2 Å². The average molecular weight is 407 g/mol. The number of para-hydroxylation sites is 1. The molecule has 0 atom stereocenters. The zero-order valence-electron chi connectivity index (χ0n) is 17.0. The molecule has 7 heteroatoms. The second-order valence-electron chi connectivity index (χ2n) is 7.27. The largest absolute Gasteiger partial charge is 0.490 e. The molecule has 1 N–H and O–H groups in total. The number of halogens is 1. The van der Waals surface area contributed by atoms with Gasteiger partial charge in [0, 0.05) is 51.9 Å². The van der Waals surface area contributed by atoms with E-state index in [-0.39, 0.29) is 11.9 Å². The number of likely N-dealkylation sites (tertiary alicyclic amines) is 1. The van der Waals surface area contributed by atoms with Crippen molar-refractivity contribution in [2.45, 2.75) is 25.5 Å². The maximum atomic E-state index is 14.5. The topological polar surface area (TPSA) is 54.7 Å². The van der Waals surface area contributed by atoms with Crippen LogP contribution in [0.1, 0.15) is 18.4 Å². The van der Waals surface area contributed by atoms with Crippen molar-refractivity contribution >= 4 is 5.96 Å². The van der Waals surface area contributed by atoms with Gasteiger partial charge in [0.25, 0.3) is 0 Å². The highest BCUT2D eigenvalue weighted by molar-refractivity contribution is 5.80. The van der Waals surface area contributed by atoms with Crippen LogP contribution in [-0.4, -0.2) is 46.7 Å². The molecule has 6 nitrogen and oxygen atoms in total. The SMILES string of the molecule is CN=C(NCc1ccc(-n2ccnc2)c(F)c1)N1CCC(Oc2ccccc2)CC1. The third-order valence-electron chi connectivity index (χ3n) is 5.24. The quantitative estimate of drug-likeness (QED) is 0.518. The highest BCUT2D eigenvalue weighted by atomic mass is 19.1. The van der Waals surface area contributed by atoms with Gasteiger partial charge in [0.1, 0.15) is 17.7 Å². The molecule has 30 heavy (non-hydrogen) atoms. The second-order valence-corrected chi connectivity index (χ2v) is 7.27. The molecule has 2 heterocycles. The molecule has 0 bridgehead atoms. The van der Waals surface area contributed by atoms with Crippen molar-refractivity contribution in [1.82, 2.24) is 19.8 Å². The summed E-state index contributed by atoms with van der Waals surface area (Å²) in [7, 11) is 1.78. The maximum Gasteiger partial charge on any atom is 0.193 e. The summed E-state index contributed by atoms with van der Waals surface area (Å²) in [5, 5.41) is 3.35. The summed E-state index contributed by atoms with van der Waals surface area (Å²) in [5.74, 6) is 1.47. The van der Waals surface area contributed by atoms with Crippen LogP contribution in [0.2, 0.25) is 0 Å². The number of rotatable bonds is 5. The van der Waals surface area contributed by atoms with Crippen LogP contribution in [0, 0.1) is 5.82 Å². The highest BCUT2D eigenvalue weighted by Gasteiger charge is 2.22. The maximum absolute atomic E-state index is 14.5.